The van der Waals surface area contributed by atoms with Crippen LogP contribution in [0.15, 0.2) is 56.9 Å². The van der Waals surface area contributed by atoms with Gasteiger partial charge in [0.2, 0.25) is 0 Å². The highest BCUT2D eigenvalue weighted by molar-refractivity contribution is 7.94. The summed E-state index contributed by atoms with van der Waals surface area (Å²) in [6.07, 6.45) is 0. The van der Waals surface area contributed by atoms with Crippen molar-refractivity contribution in [3.05, 3.63) is 63.5 Å². The first kappa shape index (κ1) is 24.1. The molecule has 0 aliphatic carbocycles. The molecule has 14 heteroatoms. The van der Waals surface area contributed by atoms with Crippen molar-refractivity contribution in [2.45, 2.75) is 9.10 Å². The summed E-state index contributed by atoms with van der Waals surface area (Å²) in [5.74, 6) is -1.42. The van der Waals surface area contributed by atoms with Gasteiger partial charge in [-0.1, -0.05) is 29.3 Å². The van der Waals surface area contributed by atoms with Crippen LogP contribution in [0, 0.1) is 0 Å². The number of aromatic carboxylic acids is 1. The third-order valence-corrected chi connectivity index (χ3v) is 8.87. The number of sulfonamides is 2. The molecule has 0 saturated heterocycles. The Hall–Kier alpha value is -2.51. The molecule has 3 N–H and O–H groups in total. The van der Waals surface area contributed by atoms with E-state index in [4.69, 9.17) is 27.9 Å². The lowest BCUT2D eigenvalue weighted by molar-refractivity contribution is 0.0693. The second kappa shape index (κ2) is 9.16. The summed E-state index contributed by atoms with van der Waals surface area (Å²) in [5, 5.41) is 10.8. The molecular weight excluding hydrogens is 523 g/mol. The summed E-state index contributed by atoms with van der Waals surface area (Å²) in [6, 6.07) is 8.45. The van der Waals surface area contributed by atoms with Gasteiger partial charge >= 0.3 is 5.97 Å². The fraction of sp³-hybridized carbons (Fsp3) is 0.0556. The van der Waals surface area contributed by atoms with Crippen LogP contribution in [0.4, 0.5) is 11.4 Å². The largest absolute Gasteiger partial charge is 0.496 e. The Labute approximate surface area is 197 Å². The highest BCUT2D eigenvalue weighted by Crippen LogP contribution is 2.36. The summed E-state index contributed by atoms with van der Waals surface area (Å²) in [7, 11) is -7.14. The van der Waals surface area contributed by atoms with E-state index in [-0.39, 0.29) is 36.9 Å². The van der Waals surface area contributed by atoms with Crippen molar-refractivity contribution >= 4 is 71.9 Å². The molecule has 0 spiro atoms. The van der Waals surface area contributed by atoms with Crippen molar-refractivity contribution in [1.82, 2.24) is 0 Å². The van der Waals surface area contributed by atoms with Gasteiger partial charge in [-0.2, -0.15) is 0 Å². The van der Waals surface area contributed by atoms with Gasteiger partial charge in [0.05, 0.1) is 33.4 Å². The van der Waals surface area contributed by atoms with Gasteiger partial charge in [-0.05, 0) is 41.8 Å². The highest BCUT2D eigenvalue weighted by atomic mass is 35.5. The first-order valence-corrected chi connectivity index (χ1v) is 13.0. The van der Waals surface area contributed by atoms with Crippen molar-refractivity contribution in [1.29, 1.82) is 0 Å². The summed E-state index contributed by atoms with van der Waals surface area (Å²) >= 11 is 13.0. The molecule has 0 aliphatic rings. The van der Waals surface area contributed by atoms with Crippen LogP contribution in [0.1, 0.15) is 10.4 Å². The predicted octanol–water partition coefficient (Wildman–Crippen LogP) is 4.36. The van der Waals surface area contributed by atoms with E-state index in [1.165, 1.54) is 19.2 Å². The Morgan fingerprint density at radius 1 is 0.969 bits per heavy atom. The van der Waals surface area contributed by atoms with Crippen LogP contribution >= 0.6 is 34.5 Å². The van der Waals surface area contributed by atoms with Crippen molar-refractivity contribution in [2.75, 3.05) is 16.6 Å². The average Bonchev–Trinajstić information content (AvgIpc) is 3.26. The molecule has 0 atom stereocenters. The number of carbonyl (C=O) groups is 1. The standard InChI is InChI=1S/C18H14Cl2N2O7S3/c1-29-16-5-4-10(7-11(16)18(23)24)31(25,26)21-14-8-12(19)13(20)9-15(14)22-32(27,28)17-3-2-6-30-17/h2-9,21-22H,1H3,(H,23,24). The van der Waals surface area contributed by atoms with Gasteiger partial charge in [0.25, 0.3) is 20.0 Å². The molecule has 0 aliphatic heterocycles. The lowest BCUT2D eigenvalue weighted by Gasteiger charge is -2.16. The average molecular weight is 537 g/mol. The zero-order valence-electron chi connectivity index (χ0n) is 16.0. The minimum absolute atomic E-state index is 0.00126. The number of rotatable bonds is 8. The van der Waals surface area contributed by atoms with Crippen LogP contribution in [0.2, 0.25) is 10.0 Å². The maximum absolute atomic E-state index is 12.9. The second-order valence-electron chi connectivity index (χ2n) is 6.12. The lowest BCUT2D eigenvalue weighted by Crippen LogP contribution is -2.17. The van der Waals surface area contributed by atoms with Gasteiger partial charge in [-0.15, -0.1) is 11.3 Å². The molecule has 3 rings (SSSR count). The Balaban J connectivity index is 2.04. The number of ether oxygens (including phenoxy) is 1. The Bertz CT molecular complexity index is 1390. The molecule has 1 heterocycles. The SMILES string of the molecule is COc1ccc(S(=O)(=O)Nc2cc(Cl)c(Cl)cc2NS(=O)(=O)c2cccs2)cc1C(=O)O. The van der Waals surface area contributed by atoms with E-state index >= 15 is 0 Å². The van der Waals surface area contributed by atoms with E-state index in [0.717, 1.165) is 35.6 Å². The van der Waals surface area contributed by atoms with E-state index in [1.54, 1.807) is 11.4 Å². The van der Waals surface area contributed by atoms with Crippen molar-refractivity contribution < 1.29 is 31.5 Å². The first-order valence-electron chi connectivity index (χ1n) is 8.44. The van der Waals surface area contributed by atoms with E-state index < -0.39 is 30.9 Å². The molecule has 2 aromatic carbocycles. The zero-order chi connectivity index (χ0) is 23.7. The van der Waals surface area contributed by atoms with Crippen LogP contribution in [-0.2, 0) is 20.0 Å². The quantitative estimate of drug-likeness (QED) is 0.388. The molecule has 0 radical (unpaired) electrons. The van der Waals surface area contributed by atoms with Gasteiger partial charge in [0.1, 0.15) is 15.5 Å². The smallest absolute Gasteiger partial charge is 0.339 e. The fourth-order valence-corrected chi connectivity index (χ4v) is 6.04. The maximum atomic E-state index is 12.9. The number of carboxylic acid groups (broad SMARTS) is 1. The molecular formula is C18H14Cl2N2O7S3. The molecule has 170 valence electrons. The van der Waals surface area contributed by atoms with E-state index in [2.05, 4.69) is 9.44 Å². The summed E-state index contributed by atoms with van der Waals surface area (Å²) in [5.41, 5.74) is -0.765. The third-order valence-electron chi connectivity index (χ3n) is 4.02. The molecule has 0 fully saturated rings. The van der Waals surface area contributed by atoms with E-state index in [1.807, 2.05) is 0 Å². The number of anilines is 2. The lowest BCUT2D eigenvalue weighted by atomic mass is 10.2. The molecule has 0 amide bonds. The Morgan fingerprint density at radius 3 is 2.06 bits per heavy atom. The van der Waals surface area contributed by atoms with Crippen molar-refractivity contribution in [3.8, 4) is 5.75 Å². The van der Waals surface area contributed by atoms with Crippen LogP contribution in [0.25, 0.3) is 0 Å². The monoisotopic (exact) mass is 536 g/mol. The van der Waals surface area contributed by atoms with Gasteiger partial charge in [-0.3, -0.25) is 9.44 Å². The van der Waals surface area contributed by atoms with E-state index in [9.17, 15) is 26.7 Å². The topological polar surface area (TPSA) is 139 Å². The number of methoxy groups -OCH3 is 1. The van der Waals surface area contributed by atoms with Gasteiger partial charge < -0.3 is 9.84 Å². The molecule has 3 aromatic rings. The molecule has 1 aromatic heterocycles. The van der Waals surface area contributed by atoms with Crippen LogP contribution in [-0.4, -0.2) is 35.0 Å². The number of halogens is 2. The first-order chi connectivity index (χ1) is 14.9. The number of hydrogen-bond acceptors (Lipinski definition) is 7. The fourth-order valence-electron chi connectivity index (χ4n) is 2.55. The van der Waals surface area contributed by atoms with Crippen LogP contribution < -0.4 is 14.2 Å². The molecule has 9 nitrogen and oxygen atoms in total. The minimum Gasteiger partial charge on any atom is -0.496 e. The minimum atomic E-state index is -4.36. The normalized spacial score (nSPS) is 11.7. The zero-order valence-corrected chi connectivity index (χ0v) is 20.0. The van der Waals surface area contributed by atoms with Crippen LogP contribution in [0.3, 0.4) is 0 Å². The molecule has 0 bridgehead atoms. The molecule has 0 saturated carbocycles. The maximum Gasteiger partial charge on any atom is 0.339 e. The predicted molar refractivity (Wildman–Crippen MR) is 122 cm³/mol. The summed E-state index contributed by atoms with van der Waals surface area (Å²) in [6.45, 7) is 0. The van der Waals surface area contributed by atoms with Crippen molar-refractivity contribution in [2.24, 2.45) is 0 Å². The Morgan fingerprint density at radius 2 is 1.56 bits per heavy atom. The number of hydrogen-bond donors (Lipinski definition) is 3. The molecule has 32 heavy (non-hydrogen) atoms. The number of nitrogens with one attached hydrogen (secondary N) is 2. The van der Waals surface area contributed by atoms with Gasteiger partial charge in [0.15, 0.2) is 0 Å². The van der Waals surface area contributed by atoms with Gasteiger partial charge in [-0.25, -0.2) is 21.6 Å². The van der Waals surface area contributed by atoms with Crippen molar-refractivity contribution in [3.63, 3.8) is 0 Å². The number of benzene rings is 2. The Kier molecular flexibility index (Phi) is 6.91. The van der Waals surface area contributed by atoms with Crippen LogP contribution in [0.5, 0.6) is 5.75 Å². The number of thiophene rings is 1. The molecule has 0 unspecified atom stereocenters. The van der Waals surface area contributed by atoms with Gasteiger partial charge in [0, 0.05) is 0 Å². The summed E-state index contributed by atoms with van der Waals surface area (Å²) in [4.78, 5) is 11.0. The summed E-state index contributed by atoms with van der Waals surface area (Å²) < 4.78 is 60.5. The third kappa shape index (κ3) is 5.10. The second-order valence-corrected chi connectivity index (χ2v) is 11.5. The van der Waals surface area contributed by atoms with E-state index in [0.29, 0.717) is 0 Å². The highest BCUT2D eigenvalue weighted by Gasteiger charge is 2.23. The number of carboxylic acids is 1.